The molecule has 0 bridgehead atoms. The molecule has 4 nitrogen and oxygen atoms in total. The molecule has 0 aliphatic heterocycles. The van der Waals surface area contributed by atoms with Gasteiger partial charge >= 0.3 is 0 Å². The summed E-state index contributed by atoms with van der Waals surface area (Å²) < 4.78 is 4.88. The fourth-order valence-electron chi connectivity index (χ4n) is 12.4. The van der Waals surface area contributed by atoms with Gasteiger partial charge in [0.15, 0.2) is 0 Å². The lowest BCUT2D eigenvalue weighted by molar-refractivity contribution is 0.666. The van der Waals surface area contributed by atoms with Crippen molar-refractivity contribution in [1.29, 1.82) is 10.5 Å². The zero-order chi connectivity index (χ0) is 45.5. The van der Waals surface area contributed by atoms with Crippen LogP contribution in [-0.2, 0) is 10.8 Å². The first kappa shape index (κ1) is 39.0. The molecule has 2 aliphatic carbocycles. The second-order valence-corrected chi connectivity index (χ2v) is 19.5. The first-order valence-corrected chi connectivity index (χ1v) is 23.1. The first-order chi connectivity index (χ1) is 32.6. The minimum atomic E-state index is -0.225. The molecule has 11 aromatic rings. The molecular weight excluding hydrogens is 813 g/mol. The number of para-hydroxylation sites is 2. The predicted molar refractivity (Wildman–Crippen MR) is 275 cm³/mol. The van der Waals surface area contributed by atoms with Gasteiger partial charge in [-0.1, -0.05) is 149 Å². The SMILES string of the molecule is Cc1cc(C#N)ccc1-c1ccc(-c2ccc(C#N)cc2-n2c3ccccc3c3c4c(ccc32)-c2ccccc2C4(C)C)c(-n2c3ccccc3c3c4c(ccc32)-c2ccccc2C4(C)C)c1. The highest BCUT2D eigenvalue weighted by atomic mass is 15.0. The lowest BCUT2D eigenvalue weighted by Gasteiger charge is -2.23. The summed E-state index contributed by atoms with van der Waals surface area (Å²) in [7, 11) is 0. The van der Waals surface area contributed by atoms with Crippen molar-refractivity contribution < 1.29 is 0 Å². The van der Waals surface area contributed by atoms with Crippen LogP contribution in [0.25, 0.3) is 99.5 Å². The quantitative estimate of drug-likeness (QED) is 0.177. The Kier molecular flexibility index (Phi) is 8.02. The molecule has 2 aliphatic rings. The van der Waals surface area contributed by atoms with E-state index in [0.29, 0.717) is 11.1 Å². The Morgan fingerprint density at radius 2 is 0.821 bits per heavy atom. The van der Waals surface area contributed by atoms with Crippen molar-refractivity contribution >= 4 is 43.6 Å². The molecule has 0 unspecified atom stereocenters. The van der Waals surface area contributed by atoms with Gasteiger partial charge < -0.3 is 9.13 Å². The van der Waals surface area contributed by atoms with E-state index in [1.54, 1.807) is 0 Å². The third-order valence-corrected chi connectivity index (χ3v) is 15.3. The Bertz CT molecular complexity index is 4080. The van der Waals surface area contributed by atoms with Gasteiger partial charge in [0, 0.05) is 43.5 Å². The molecule has 0 atom stereocenters. The number of hydrogen-bond acceptors (Lipinski definition) is 2. The summed E-state index contributed by atoms with van der Waals surface area (Å²) in [6, 6.07) is 68.4. The molecule has 0 saturated carbocycles. The topological polar surface area (TPSA) is 57.4 Å². The van der Waals surface area contributed by atoms with Crippen molar-refractivity contribution in [3.8, 4) is 68.0 Å². The lowest BCUT2D eigenvalue weighted by atomic mass is 9.80. The molecule has 2 aromatic heterocycles. The fraction of sp³-hybridized carbons (Fsp3) is 0.111. The van der Waals surface area contributed by atoms with E-state index in [1.807, 2.05) is 18.2 Å². The van der Waals surface area contributed by atoms with Crippen molar-refractivity contribution in [3.63, 3.8) is 0 Å². The highest BCUT2D eigenvalue weighted by Gasteiger charge is 2.40. The molecule has 0 N–H and O–H groups in total. The molecule has 13 rings (SSSR count). The normalized spacial score (nSPS) is 14.0. The Hall–Kier alpha value is -8.44. The van der Waals surface area contributed by atoms with Gasteiger partial charge in [-0.2, -0.15) is 10.5 Å². The molecule has 2 heterocycles. The van der Waals surface area contributed by atoms with Crippen molar-refractivity contribution in [2.45, 2.75) is 45.4 Å². The zero-order valence-corrected chi connectivity index (χ0v) is 38.0. The van der Waals surface area contributed by atoms with E-state index in [1.165, 1.54) is 66.1 Å². The Labute approximate surface area is 389 Å². The maximum atomic E-state index is 10.6. The van der Waals surface area contributed by atoms with Crippen LogP contribution in [0.3, 0.4) is 0 Å². The standard InChI is InChI=1S/C63H44N4/c1-37-32-38(35-64)22-25-41(37)40-24-27-45(57(34-40)67-53-21-13-9-17-49(53)59-55(67)31-29-47-43-15-7-11-19-51(43)63(4,5)61(47)59)44-26-23-39(36-65)33-56(44)66-52-20-12-8-16-48(52)58-54(66)30-28-46-42-14-6-10-18-50(42)62(2,3)60(46)58/h6-34H,1-5H3. The molecule has 0 fully saturated rings. The Morgan fingerprint density at radius 3 is 1.34 bits per heavy atom. The summed E-state index contributed by atoms with van der Waals surface area (Å²) in [5.41, 5.74) is 23.0. The third kappa shape index (κ3) is 5.22. The minimum absolute atomic E-state index is 0.225. The molecule has 4 heteroatoms. The smallest absolute Gasteiger partial charge is 0.0992 e. The molecule has 0 spiro atoms. The summed E-state index contributed by atoms with van der Waals surface area (Å²) in [4.78, 5) is 0. The number of aromatic nitrogens is 2. The van der Waals surface area contributed by atoms with Crippen LogP contribution >= 0.6 is 0 Å². The van der Waals surface area contributed by atoms with Crippen molar-refractivity contribution in [2.24, 2.45) is 0 Å². The molecule has 9 aromatic carbocycles. The third-order valence-electron chi connectivity index (χ3n) is 15.3. The molecular formula is C63H44N4. The highest BCUT2D eigenvalue weighted by Crippen LogP contribution is 2.55. The minimum Gasteiger partial charge on any atom is -0.309 e. The van der Waals surface area contributed by atoms with Gasteiger partial charge in [-0.3, -0.25) is 0 Å². The van der Waals surface area contributed by atoms with E-state index >= 15 is 0 Å². The van der Waals surface area contributed by atoms with Crippen LogP contribution in [0.5, 0.6) is 0 Å². The van der Waals surface area contributed by atoms with E-state index in [0.717, 1.165) is 61.3 Å². The van der Waals surface area contributed by atoms with Gasteiger partial charge in [-0.15, -0.1) is 0 Å². The van der Waals surface area contributed by atoms with Crippen LogP contribution in [-0.4, -0.2) is 9.13 Å². The fourth-order valence-corrected chi connectivity index (χ4v) is 12.4. The Morgan fingerprint density at radius 1 is 0.388 bits per heavy atom. The summed E-state index contributed by atoms with van der Waals surface area (Å²) in [5, 5.41) is 25.3. The van der Waals surface area contributed by atoms with E-state index in [2.05, 4.69) is 214 Å². The number of fused-ring (bicyclic) bond motifs is 14. The van der Waals surface area contributed by atoms with Gasteiger partial charge in [-0.05, 0) is 123 Å². The summed E-state index contributed by atoms with van der Waals surface area (Å²) in [6.07, 6.45) is 0. The number of aryl methyl sites for hydroxylation is 1. The van der Waals surface area contributed by atoms with Crippen LogP contribution in [0, 0.1) is 29.6 Å². The average Bonchev–Trinajstić information content (AvgIpc) is 4.02. The average molecular weight is 857 g/mol. The van der Waals surface area contributed by atoms with Gasteiger partial charge in [0.1, 0.15) is 0 Å². The number of hydrogen-bond donors (Lipinski definition) is 0. The lowest BCUT2D eigenvalue weighted by Crippen LogP contribution is -2.15. The zero-order valence-electron chi connectivity index (χ0n) is 38.0. The number of rotatable bonds is 4. The highest BCUT2D eigenvalue weighted by molar-refractivity contribution is 6.16. The molecule has 0 saturated heterocycles. The van der Waals surface area contributed by atoms with Gasteiger partial charge in [0.05, 0.1) is 56.7 Å². The van der Waals surface area contributed by atoms with Crippen LogP contribution in [0.1, 0.15) is 66.6 Å². The summed E-state index contributed by atoms with van der Waals surface area (Å²) in [6.45, 7) is 11.5. The number of nitrogens with zero attached hydrogens (tertiary/aromatic N) is 4. The van der Waals surface area contributed by atoms with Crippen LogP contribution in [0.15, 0.2) is 176 Å². The molecule has 0 radical (unpaired) electrons. The molecule has 67 heavy (non-hydrogen) atoms. The van der Waals surface area contributed by atoms with Crippen LogP contribution < -0.4 is 0 Å². The van der Waals surface area contributed by atoms with Crippen LogP contribution in [0.2, 0.25) is 0 Å². The van der Waals surface area contributed by atoms with Gasteiger partial charge in [-0.25, -0.2) is 0 Å². The second-order valence-electron chi connectivity index (χ2n) is 19.5. The number of benzene rings is 9. The maximum Gasteiger partial charge on any atom is 0.0992 e. The summed E-state index contributed by atoms with van der Waals surface area (Å²) in [5.74, 6) is 0. The number of nitriles is 2. The van der Waals surface area contributed by atoms with Crippen molar-refractivity contribution in [2.75, 3.05) is 0 Å². The van der Waals surface area contributed by atoms with Gasteiger partial charge in [0.2, 0.25) is 0 Å². The van der Waals surface area contributed by atoms with Crippen molar-refractivity contribution in [1.82, 2.24) is 9.13 Å². The van der Waals surface area contributed by atoms with E-state index in [-0.39, 0.29) is 10.8 Å². The van der Waals surface area contributed by atoms with Crippen LogP contribution in [0.4, 0.5) is 0 Å². The second kappa shape index (κ2) is 13.8. The first-order valence-electron chi connectivity index (χ1n) is 23.1. The van der Waals surface area contributed by atoms with E-state index in [4.69, 9.17) is 0 Å². The predicted octanol–water partition coefficient (Wildman–Crippen LogP) is 15.9. The molecule has 0 amide bonds. The monoisotopic (exact) mass is 856 g/mol. The van der Waals surface area contributed by atoms with E-state index < -0.39 is 0 Å². The molecule has 316 valence electrons. The van der Waals surface area contributed by atoms with E-state index in [9.17, 15) is 10.5 Å². The summed E-state index contributed by atoms with van der Waals surface area (Å²) >= 11 is 0. The van der Waals surface area contributed by atoms with Gasteiger partial charge in [0.25, 0.3) is 0 Å². The van der Waals surface area contributed by atoms with Crippen molar-refractivity contribution in [3.05, 3.63) is 215 Å². The largest absolute Gasteiger partial charge is 0.309 e. The Balaban J connectivity index is 1.14. The maximum absolute atomic E-state index is 10.6.